The summed E-state index contributed by atoms with van der Waals surface area (Å²) in [4.78, 5) is 0. The lowest BCUT2D eigenvalue weighted by atomic mass is 10.2. The summed E-state index contributed by atoms with van der Waals surface area (Å²) in [5, 5.41) is 1.35. The molecule has 0 N–H and O–H groups in total. The zero-order chi connectivity index (χ0) is 17.7. The van der Waals surface area contributed by atoms with Crippen LogP contribution in [-0.2, 0) is 35.2 Å². The van der Waals surface area contributed by atoms with Crippen LogP contribution in [0.5, 0.6) is 0 Å². The lowest BCUT2D eigenvalue weighted by molar-refractivity contribution is 0.210. The van der Waals surface area contributed by atoms with Crippen molar-refractivity contribution in [2.45, 2.75) is 13.8 Å². The van der Waals surface area contributed by atoms with Gasteiger partial charge >= 0.3 is 6.72 Å². The predicted molar refractivity (Wildman–Crippen MR) is 97.9 cm³/mol. The highest BCUT2D eigenvalue weighted by atomic mass is 35.5. The maximum absolute atomic E-state index is 11.7. The Morgan fingerprint density at radius 2 is 1.70 bits per heavy atom. The van der Waals surface area contributed by atoms with Gasteiger partial charge in [-0.3, -0.25) is 9.05 Å². The Morgan fingerprint density at radius 3 is 2.09 bits per heavy atom. The average Bonchev–Trinajstić information content (AvgIpc) is 2.36. The van der Waals surface area contributed by atoms with Gasteiger partial charge in [0.15, 0.2) is 15.6 Å². The lowest BCUT2D eigenvalue weighted by Crippen LogP contribution is -2.03. The number of hydrogen-bond donors (Lipinski definition) is 0. The molecule has 0 bridgehead atoms. The Balaban J connectivity index is 3.44. The minimum atomic E-state index is -3.55. The zero-order valence-electron chi connectivity index (χ0n) is 12.8. The van der Waals surface area contributed by atoms with Gasteiger partial charge in [-0.1, -0.05) is 29.3 Å². The normalized spacial score (nSPS) is 13.2. The first-order valence-electron chi connectivity index (χ1n) is 6.56. The highest BCUT2D eigenvalue weighted by molar-refractivity contribution is 8.07. The van der Waals surface area contributed by atoms with Crippen LogP contribution in [-0.4, -0.2) is 27.9 Å². The Morgan fingerprint density at radius 1 is 1.22 bits per heavy atom. The molecule has 0 spiro atoms. The van der Waals surface area contributed by atoms with Crippen molar-refractivity contribution in [1.29, 1.82) is 0 Å². The van der Waals surface area contributed by atoms with Crippen LogP contribution in [0.4, 0.5) is 0 Å². The van der Waals surface area contributed by atoms with Crippen LogP contribution in [0.1, 0.15) is 19.4 Å². The van der Waals surface area contributed by atoms with E-state index in [-0.39, 0.29) is 34.6 Å². The van der Waals surface area contributed by atoms with Crippen LogP contribution in [0.25, 0.3) is 5.76 Å². The van der Waals surface area contributed by atoms with Gasteiger partial charge in [0.1, 0.15) is 0 Å². The quantitative estimate of drug-likeness (QED) is 0.452. The molecule has 0 saturated heterocycles. The van der Waals surface area contributed by atoms with Crippen molar-refractivity contribution in [2.75, 3.05) is 19.5 Å². The second-order valence-corrected chi connectivity index (χ2v) is 9.93. The molecule has 0 aliphatic rings. The minimum Gasteiger partial charge on any atom is -0.423 e. The molecule has 5 nitrogen and oxygen atoms in total. The molecule has 10 heteroatoms. The molecule has 0 atom stereocenters. The van der Waals surface area contributed by atoms with Gasteiger partial charge in [-0.15, -0.1) is 0 Å². The second kappa shape index (κ2) is 8.81. The number of sulfone groups is 1. The molecule has 1 rings (SSSR count). The molecule has 0 radical (unpaired) electrons. The summed E-state index contributed by atoms with van der Waals surface area (Å²) in [6, 6.07) is 4.76. The topological polar surface area (TPSA) is 61.8 Å². The standard InChI is InChI=1S/C13H17Cl2O5PS2/c1-4-18-21(22,19-5-2)20-12(9-23(3,16)17)13-10(14)7-6-8-11(13)15/h6-9H,4-5H2,1-3H3/b12-9+. The first-order chi connectivity index (χ1) is 10.6. The maximum atomic E-state index is 11.7. The fourth-order valence-corrected chi connectivity index (χ4v) is 4.86. The van der Waals surface area contributed by atoms with E-state index in [1.54, 1.807) is 32.0 Å². The van der Waals surface area contributed by atoms with Crippen LogP contribution in [0.2, 0.25) is 10.0 Å². The Kier molecular flexibility index (Phi) is 8.01. The number of rotatable bonds is 8. The Hall–Kier alpha value is -0.140. The molecule has 1 aromatic carbocycles. The highest BCUT2D eigenvalue weighted by Gasteiger charge is 2.26. The first kappa shape index (κ1) is 20.9. The number of hydrogen-bond acceptors (Lipinski definition) is 6. The van der Waals surface area contributed by atoms with E-state index in [9.17, 15) is 8.42 Å². The minimum absolute atomic E-state index is 0.103. The molecule has 0 aliphatic heterocycles. The second-order valence-electron chi connectivity index (χ2n) is 4.28. The molecular weight excluding hydrogens is 402 g/mol. The highest BCUT2D eigenvalue weighted by Crippen LogP contribution is 2.54. The largest absolute Gasteiger partial charge is 0.423 e. The summed E-state index contributed by atoms with van der Waals surface area (Å²) in [7, 11) is -3.55. The summed E-state index contributed by atoms with van der Waals surface area (Å²) >= 11 is 17.5. The Labute approximate surface area is 151 Å². The molecule has 0 aliphatic carbocycles. The molecule has 0 amide bonds. The van der Waals surface area contributed by atoms with Gasteiger partial charge in [0.05, 0.1) is 34.2 Å². The van der Waals surface area contributed by atoms with Gasteiger partial charge < -0.3 is 4.52 Å². The molecule has 130 valence electrons. The van der Waals surface area contributed by atoms with Gasteiger partial charge in [0.25, 0.3) is 0 Å². The van der Waals surface area contributed by atoms with Crippen LogP contribution >= 0.6 is 29.9 Å². The summed E-state index contributed by atoms with van der Waals surface area (Å²) in [6.45, 7) is 0.772. The average molecular weight is 419 g/mol. The van der Waals surface area contributed by atoms with E-state index in [0.717, 1.165) is 11.7 Å². The van der Waals surface area contributed by atoms with Crippen LogP contribution < -0.4 is 0 Å². The van der Waals surface area contributed by atoms with E-state index in [4.69, 9.17) is 48.6 Å². The van der Waals surface area contributed by atoms with E-state index >= 15 is 0 Å². The van der Waals surface area contributed by atoms with E-state index in [1.165, 1.54) is 0 Å². The van der Waals surface area contributed by atoms with E-state index < -0.39 is 16.6 Å². The van der Waals surface area contributed by atoms with Crippen LogP contribution in [0.3, 0.4) is 0 Å². The molecule has 0 heterocycles. The fourth-order valence-electron chi connectivity index (χ4n) is 1.58. The van der Waals surface area contributed by atoms with Crippen molar-refractivity contribution in [3.05, 3.63) is 39.2 Å². The molecule has 23 heavy (non-hydrogen) atoms. The van der Waals surface area contributed by atoms with Gasteiger partial charge in [0, 0.05) is 18.1 Å². The van der Waals surface area contributed by atoms with Gasteiger partial charge in [-0.2, -0.15) is 0 Å². The molecular formula is C13H17Cl2O5PS2. The van der Waals surface area contributed by atoms with Crippen molar-refractivity contribution in [3.8, 4) is 0 Å². The summed E-state index contributed by atoms with van der Waals surface area (Å²) in [6.07, 6.45) is 1.02. The van der Waals surface area contributed by atoms with Crippen molar-refractivity contribution in [3.63, 3.8) is 0 Å². The van der Waals surface area contributed by atoms with Crippen molar-refractivity contribution < 1.29 is 22.0 Å². The number of halogens is 2. The van der Waals surface area contributed by atoms with Crippen molar-refractivity contribution in [2.24, 2.45) is 0 Å². The summed E-state index contributed by atoms with van der Waals surface area (Å²) in [5.74, 6) is -0.103. The third-order valence-electron chi connectivity index (χ3n) is 2.31. The van der Waals surface area contributed by atoms with Crippen LogP contribution in [0, 0.1) is 0 Å². The van der Waals surface area contributed by atoms with Crippen molar-refractivity contribution >= 4 is 57.3 Å². The van der Waals surface area contributed by atoms with E-state index in [2.05, 4.69) is 0 Å². The van der Waals surface area contributed by atoms with Gasteiger partial charge in [-0.25, -0.2) is 8.42 Å². The molecule has 0 unspecified atom stereocenters. The lowest BCUT2D eigenvalue weighted by Gasteiger charge is -2.23. The molecule has 0 saturated carbocycles. The third kappa shape index (κ3) is 6.70. The summed E-state index contributed by atoms with van der Waals surface area (Å²) < 4.78 is 39.8. The van der Waals surface area contributed by atoms with Gasteiger partial charge in [-0.05, 0) is 26.0 Å². The molecule has 0 fully saturated rings. The van der Waals surface area contributed by atoms with Gasteiger partial charge in [0.2, 0.25) is 0 Å². The van der Waals surface area contributed by atoms with Crippen molar-refractivity contribution in [1.82, 2.24) is 0 Å². The maximum Gasteiger partial charge on any atom is 0.380 e. The number of benzene rings is 1. The fraction of sp³-hybridized carbons (Fsp3) is 0.385. The third-order valence-corrected chi connectivity index (χ3v) is 6.01. The smallest absolute Gasteiger partial charge is 0.380 e. The zero-order valence-corrected chi connectivity index (χ0v) is 16.8. The summed E-state index contributed by atoms with van der Waals surface area (Å²) in [5.41, 5.74) is 0.217. The predicted octanol–water partition coefficient (Wildman–Crippen LogP) is 4.65. The van der Waals surface area contributed by atoms with E-state index in [1.807, 2.05) is 0 Å². The SMILES string of the molecule is CCOP(=S)(OCC)O/C(=C/S(C)(=O)=O)c1c(Cl)cccc1Cl. The molecule has 0 aromatic heterocycles. The first-order valence-corrected chi connectivity index (χ1v) is 11.8. The Bertz CT molecular complexity index is 704. The van der Waals surface area contributed by atoms with Crippen LogP contribution in [0.15, 0.2) is 23.6 Å². The molecule has 1 aromatic rings. The monoisotopic (exact) mass is 418 g/mol. The van der Waals surface area contributed by atoms with E-state index in [0.29, 0.717) is 0 Å².